The van der Waals surface area contributed by atoms with Gasteiger partial charge in [-0.2, -0.15) is 4.98 Å². The largest absolute Gasteiger partial charge is 0.341 e. The van der Waals surface area contributed by atoms with Crippen molar-refractivity contribution in [3.05, 3.63) is 52.3 Å². The maximum Gasteiger partial charge on any atom is 0.280 e. The Labute approximate surface area is 157 Å². The Hall–Kier alpha value is -3.07. The van der Waals surface area contributed by atoms with Gasteiger partial charge >= 0.3 is 0 Å². The van der Waals surface area contributed by atoms with Gasteiger partial charge in [0.1, 0.15) is 6.67 Å². The second kappa shape index (κ2) is 7.28. The number of nitrogens with one attached hydrogen (secondary N) is 1. The van der Waals surface area contributed by atoms with Gasteiger partial charge in [0.25, 0.3) is 5.91 Å². The number of halogens is 1. The van der Waals surface area contributed by atoms with Crippen molar-refractivity contribution in [2.45, 2.75) is 20.0 Å². The number of amides is 1. The van der Waals surface area contributed by atoms with Gasteiger partial charge < -0.3 is 14.4 Å². The number of alkyl halides is 1. The maximum atomic E-state index is 13.1. The Morgan fingerprint density at radius 2 is 2.30 bits per heavy atom. The Balaban J connectivity index is 1.60. The van der Waals surface area contributed by atoms with Crippen molar-refractivity contribution < 1.29 is 13.7 Å². The Bertz CT molecular complexity index is 1090. The first-order valence-electron chi connectivity index (χ1n) is 8.33. The SMILES string of the molecule is Cc1cccc2c1cc(-c1noc(CNC(=O)c3nccs3)n1)n2CCF. The molecule has 0 spiro atoms. The Kier molecular flexibility index (Phi) is 4.68. The van der Waals surface area contributed by atoms with Gasteiger partial charge in [0.15, 0.2) is 5.01 Å². The third kappa shape index (κ3) is 3.33. The second-order valence-electron chi connectivity index (χ2n) is 5.91. The van der Waals surface area contributed by atoms with Crippen LogP contribution in [0.5, 0.6) is 0 Å². The van der Waals surface area contributed by atoms with Crippen LogP contribution in [-0.4, -0.2) is 32.3 Å². The molecule has 0 fully saturated rings. The summed E-state index contributed by atoms with van der Waals surface area (Å²) in [7, 11) is 0. The molecule has 0 bridgehead atoms. The van der Waals surface area contributed by atoms with E-state index in [4.69, 9.17) is 4.52 Å². The first-order valence-corrected chi connectivity index (χ1v) is 9.21. The highest BCUT2D eigenvalue weighted by Gasteiger charge is 2.17. The summed E-state index contributed by atoms with van der Waals surface area (Å²) in [6.07, 6.45) is 1.57. The van der Waals surface area contributed by atoms with E-state index in [1.54, 1.807) is 11.6 Å². The third-order valence-corrected chi connectivity index (χ3v) is 4.97. The van der Waals surface area contributed by atoms with Crippen molar-refractivity contribution >= 4 is 28.1 Å². The monoisotopic (exact) mass is 385 g/mol. The van der Waals surface area contributed by atoms with Crippen molar-refractivity contribution in [1.29, 1.82) is 0 Å². The highest BCUT2D eigenvalue weighted by Crippen LogP contribution is 2.28. The molecule has 0 radical (unpaired) electrons. The van der Waals surface area contributed by atoms with E-state index in [9.17, 15) is 9.18 Å². The number of hydrogen-bond donors (Lipinski definition) is 1. The van der Waals surface area contributed by atoms with Gasteiger partial charge in [0.2, 0.25) is 11.7 Å². The van der Waals surface area contributed by atoms with E-state index in [2.05, 4.69) is 20.4 Å². The summed E-state index contributed by atoms with van der Waals surface area (Å²) in [5.74, 6) is 0.327. The number of hydrogen-bond acceptors (Lipinski definition) is 6. The molecule has 9 heteroatoms. The van der Waals surface area contributed by atoms with Crippen LogP contribution in [0.4, 0.5) is 4.39 Å². The zero-order valence-electron chi connectivity index (χ0n) is 14.5. The van der Waals surface area contributed by atoms with Crippen LogP contribution in [0.3, 0.4) is 0 Å². The number of rotatable bonds is 6. The van der Waals surface area contributed by atoms with Gasteiger partial charge in [-0.1, -0.05) is 17.3 Å². The summed E-state index contributed by atoms with van der Waals surface area (Å²) >= 11 is 1.25. The number of aromatic nitrogens is 4. The molecule has 1 amide bonds. The standard InChI is InChI=1S/C18H16FN5O2S/c1-11-3-2-4-13-12(11)9-14(24(13)7-5-19)16-22-15(26-23-16)10-21-17(25)18-20-6-8-27-18/h2-4,6,8-9H,5,7,10H2,1H3,(H,21,25). The van der Waals surface area contributed by atoms with Crippen molar-refractivity contribution in [2.24, 2.45) is 0 Å². The number of carbonyl (C=O) groups excluding carboxylic acids is 1. The van der Waals surface area contributed by atoms with E-state index in [-0.39, 0.29) is 24.9 Å². The molecule has 7 nitrogen and oxygen atoms in total. The molecule has 4 rings (SSSR count). The average molecular weight is 385 g/mol. The van der Waals surface area contributed by atoms with E-state index in [0.29, 0.717) is 16.5 Å². The first-order chi connectivity index (χ1) is 13.2. The lowest BCUT2D eigenvalue weighted by Gasteiger charge is -2.05. The zero-order chi connectivity index (χ0) is 18.8. The molecule has 1 N–H and O–H groups in total. The van der Waals surface area contributed by atoms with Crippen LogP contribution in [0.15, 0.2) is 40.4 Å². The van der Waals surface area contributed by atoms with Crippen LogP contribution in [0.25, 0.3) is 22.4 Å². The molecule has 3 aromatic heterocycles. The molecule has 138 valence electrons. The van der Waals surface area contributed by atoms with Crippen molar-refractivity contribution in [2.75, 3.05) is 6.67 Å². The van der Waals surface area contributed by atoms with Crippen LogP contribution in [0, 0.1) is 6.92 Å². The lowest BCUT2D eigenvalue weighted by atomic mass is 10.1. The molecule has 0 atom stereocenters. The van der Waals surface area contributed by atoms with Gasteiger partial charge in [0, 0.05) is 22.5 Å². The molecule has 1 aromatic carbocycles. The fourth-order valence-electron chi connectivity index (χ4n) is 2.94. The summed E-state index contributed by atoms with van der Waals surface area (Å²) in [6, 6.07) is 7.81. The molecule has 0 saturated carbocycles. The lowest BCUT2D eigenvalue weighted by molar-refractivity contribution is 0.0946. The molecule has 0 unspecified atom stereocenters. The second-order valence-corrected chi connectivity index (χ2v) is 6.80. The summed E-state index contributed by atoms with van der Waals surface area (Å²) in [6.45, 7) is 1.79. The molecule has 0 saturated heterocycles. The number of fused-ring (bicyclic) bond motifs is 1. The van der Waals surface area contributed by atoms with Gasteiger partial charge in [-0.3, -0.25) is 4.79 Å². The van der Waals surface area contributed by atoms with Crippen LogP contribution < -0.4 is 5.32 Å². The minimum atomic E-state index is -0.501. The number of carbonyl (C=O) groups is 1. The van der Waals surface area contributed by atoms with E-state index in [0.717, 1.165) is 16.5 Å². The summed E-state index contributed by atoms with van der Waals surface area (Å²) < 4.78 is 20.2. The van der Waals surface area contributed by atoms with Gasteiger partial charge in [0.05, 0.1) is 18.8 Å². The van der Waals surface area contributed by atoms with Crippen molar-refractivity contribution in [3.63, 3.8) is 0 Å². The highest BCUT2D eigenvalue weighted by molar-refractivity contribution is 7.11. The van der Waals surface area contributed by atoms with Crippen molar-refractivity contribution in [1.82, 2.24) is 25.0 Å². The molecule has 0 aliphatic carbocycles. The number of thiazole rings is 1. The molecule has 0 aliphatic heterocycles. The third-order valence-electron chi connectivity index (χ3n) is 4.20. The molecule has 27 heavy (non-hydrogen) atoms. The summed E-state index contributed by atoms with van der Waals surface area (Å²) in [5.41, 5.74) is 2.69. The number of nitrogens with zero attached hydrogens (tertiary/aromatic N) is 4. The predicted octanol–water partition coefficient (Wildman–Crippen LogP) is 3.36. The minimum Gasteiger partial charge on any atom is -0.341 e. The summed E-state index contributed by atoms with van der Waals surface area (Å²) in [4.78, 5) is 20.2. The van der Waals surface area contributed by atoms with E-state index in [1.165, 1.54) is 11.3 Å². The fraction of sp³-hybridized carbons (Fsp3) is 0.222. The molecular weight excluding hydrogens is 369 g/mol. The molecule has 3 heterocycles. The van der Waals surface area contributed by atoms with Gasteiger partial charge in [-0.25, -0.2) is 9.37 Å². The topological polar surface area (TPSA) is 85.8 Å². The average Bonchev–Trinajstić information content (AvgIpc) is 3.41. The summed E-state index contributed by atoms with van der Waals surface area (Å²) in [5, 5.41) is 9.80. The normalized spacial score (nSPS) is 11.2. The molecule has 0 aliphatic rings. The van der Waals surface area contributed by atoms with Gasteiger partial charge in [-0.15, -0.1) is 11.3 Å². The highest BCUT2D eigenvalue weighted by atomic mass is 32.1. The first kappa shape index (κ1) is 17.3. The predicted molar refractivity (Wildman–Crippen MR) is 99.2 cm³/mol. The van der Waals surface area contributed by atoms with Crippen LogP contribution in [0.2, 0.25) is 0 Å². The quantitative estimate of drug-likeness (QED) is 0.550. The van der Waals surface area contributed by atoms with Gasteiger partial charge in [-0.05, 0) is 24.6 Å². The zero-order valence-corrected chi connectivity index (χ0v) is 15.3. The molecule has 4 aromatic rings. The lowest BCUT2D eigenvalue weighted by Crippen LogP contribution is -2.22. The van der Waals surface area contributed by atoms with Crippen molar-refractivity contribution in [3.8, 4) is 11.5 Å². The fourth-order valence-corrected chi connectivity index (χ4v) is 3.49. The van der Waals surface area contributed by atoms with Crippen LogP contribution in [-0.2, 0) is 13.1 Å². The maximum absolute atomic E-state index is 13.1. The Morgan fingerprint density at radius 1 is 1.41 bits per heavy atom. The van der Waals surface area contributed by atoms with E-state index < -0.39 is 6.67 Å². The van der Waals surface area contributed by atoms with Crippen LogP contribution >= 0.6 is 11.3 Å². The van der Waals surface area contributed by atoms with E-state index >= 15 is 0 Å². The molecular formula is C18H16FN5O2S. The smallest absolute Gasteiger partial charge is 0.280 e. The number of aryl methyl sites for hydroxylation is 2. The number of benzene rings is 1. The Morgan fingerprint density at radius 3 is 3.07 bits per heavy atom. The van der Waals surface area contributed by atoms with Crippen LogP contribution in [0.1, 0.15) is 21.3 Å². The van der Waals surface area contributed by atoms with E-state index in [1.807, 2.05) is 35.8 Å². The minimum absolute atomic E-state index is 0.0911.